The molecule has 9 heteroatoms. The van der Waals surface area contributed by atoms with Gasteiger partial charge in [-0.05, 0) is 20.9 Å². The Balaban J connectivity index is 4.70. The van der Waals surface area contributed by atoms with Crippen LogP contribution in [0.3, 0.4) is 0 Å². The van der Waals surface area contributed by atoms with Gasteiger partial charge in [0.15, 0.2) is 0 Å². The molecule has 0 heterocycles. The number of carbonyl (C=O) groups is 2. The van der Waals surface area contributed by atoms with Gasteiger partial charge in [-0.25, -0.2) is 0 Å². The van der Waals surface area contributed by atoms with E-state index in [1.54, 1.807) is 35.2 Å². The van der Waals surface area contributed by atoms with E-state index in [-0.39, 0.29) is 19.6 Å². The van der Waals surface area contributed by atoms with Crippen LogP contribution in [0.2, 0.25) is 6.04 Å². The number of ether oxygens (including phenoxy) is 2. The maximum absolute atomic E-state index is 12.1. The lowest BCUT2D eigenvalue weighted by molar-refractivity contribution is -0.155. The van der Waals surface area contributed by atoms with Crippen molar-refractivity contribution in [2.75, 3.05) is 54.7 Å². The first-order chi connectivity index (χ1) is 11.4. The molecule has 0 amide bonds. The smallest absolute Gasteiger partial charge is 0.466 e. The van der Waals surface area contributed by atoms with Gasteiger partial charge in [0.2, 0.25) is 0 Å². The molecule has 0 N–H and O–H groups in total. The number of nitrogens with zero attached hydrogens (tertiary/aromatic N) is 1. The summed E-state index contributed by atoms with van der Waals surface area (Å²) >= 11 is 0. The molecule has 0 aromatic heterocycles. The Hall–Kier alpha value is -1.00. The summed E-state index contributed by atoms with van der Waals surface area (Å²) in [5.74, 6) is -1.37. The van der Waals surface area contributed by atoms with Crippen molar-refractivity contribution in [3.63, 3.8) is 0 Å². The van der Waals surface area contributed by atoms with Gasteiger partial charge < -0.3 is 27.7 Å². The van der Waals surface area contributed by atoms with Crippen molar-refractivity contribution in [2.24, 2.45) is 5.92 Å². The van der Waals surface area contributed by atoms with Gasteiger partial charge >= 0.3 is 20.7 Å². The summed E-state index contributed by atoms with van der Waals surface area (Å²) in [6, 6.07) is 0.571. The Morgan fingerprint density at radius 3 is 2.00 bits per heavy atom. The molecule has 1 atom stereocenters. The van der Waals surface area contributed by atoms with E-state index in [1.165, 1.54) is 0 Å². The molecule has 0 aromatic carbocycles. The van der Waals surface area contributed by atoms with E-state index in [0.717, 1.165) is 0 Å². The molecule has 0 spiro atoms. The van der Waals surface area contributed by atoms with Gasteiger partial charge in [-0.1, -0.05) is 0 Å². The zero-order valence-corrected chi connectivity index (χ0v) is 16.6. The van der Waals surface area contributed by atoms with Crippen molar-refractivity contribution >= 4 is 20.7 Å². The summed E-state index contributed by atoms with van der Waals surface area (Å²) in [4.78, 5) is 25.7. The standard InChI is InChI=1S/C15H31NO7Si/c1-7-22-14(17)11-13(15(18)23-8-2)12-16(3)9-10-24(19-4,20-5)21-6/h13H,7-12H2,1-6H3. The zero-order valence-electron chi connectivity index (χ0n) is 15.6. The van der Waals surface area contributed by atoms with Crippen molar-refractivity contribution in [2.45, 2.75) is 26.3 Å². The minimum Gasteiger partial charge on any atom is -0.466 e. The molecule has 0 rings (SSSR count). The first-order valence-electron chi connectivity index (χ1n) is 8.04. The van der Waals surface area contributed by atoms with E-state index in [4.69, 9.17) is 22.8 Å². The Bertz CT molecular complexity index is 369. The van der Waals surface area contributed by atoms with Crippen molar-refractivity contribution in [1.82, 2.24) is 4.90 Å². The fourth-order valence-electron chi connectivity index (χ4n) is 2.26. The Kier molecular flexibility index (Phi) is 11.9. The average molecular weight is 365 g/mol. The van der Waals surface area contributed by atoms with Crippen LogP contribution in [-0.2, 0) is 32.3 Å². The Morgan fingerprint density at radius 1 is 1.00 bits per heavy atom. The predicted molar refractivity (Wildman–Crippen MR) is 90.5 cm³/mol. The van der Waals surface area contributed by atoms with Crippen LogP contribution in [-0.4, -0.2) is 80.3 Å². The largest absolute Gasteiger partial charge is 0.501 e. The van der Waals surface area contributed by atoms with Gasteiger partial charge in [0, 0.05) is 40.5 Å². The van der Waals surface area contributed by atoms with Crippen LogP contribution in [0.4, 0.5) is 0 Å². The highest BCUT2D eigenvalue weighted by molar-refractivity contribution is 6.60. The summed E-state index contributed by atoms with van der Waals surface area (Å²) in [5.41, 5.74) is 0. The Labute approximate surface area is 145 Å². The molecule has 8 nitrogen and oxygen atoms in total. The molecule has 0 saturated carbocycles. The second-order valence-electron chi connectivity index (χ2n) is 5.27. The number of hydrogen-bond donors (Lipinski definition) is 0. The molecule has 0 aliphatic rings. The van der Waals surface area contributed by atoms with Crippen LogP contribution in [0, 0.1) is 5.92 Å². The normalized spacial score (nSPS) is 13.0. The third kappa shape index (κ3) is 8.20. The minimum atomic E-state index is -2.67. The minimum absolute atomic E-state index is 0.00157. The second kappa shape index (κ2) is 12.4. The van der Waals surface area contributed by atoms with Crippen LogP contribution in [0.15, 0.2) is 0 Å². The van der Waals surface area contributed by atoms with E-state index >= 15 is 0 Å². The molecule has 0 radical (unpaired) electrons. The van der Waals surface area contributed by atoms with E-state index in [9.17, 15) is 9.59 Å². The molecule has 0 aromatic rings. The van der Waals surface area contributed by atoms with E-state index in [1.807, 2.05) is 11.9 Å². The topological polar surface area (TPSA) is 83.5 Å². The van der Waals surface area contributed by atoms with Crippen LogP contribution in [0.1, 0.15) is 20.3 Å². The maximum Gasteiger partial charge on any atom is 0.501 e. The highest BCUT2D eigenvalue weighted by Crippen LogP contribution is 2.15. The fourth-order valence-corrected chi connectivity index (χ4v) is 4.02. The van der Waals surface area contributed by atoms with Crippen LogP contribution < -0.4 is 0 Å². The zero-order chi connectivity index (χ0) is 18.6. The highest BCUT2D eigenvalue weighted by atomic mass is 28.4. The monoisotopic (exact) mass is 365 g/mol. The molecule has 1 unspecified atom stereocenters. The summed E-state index contributed by atoms with van der Waals surface area (Å²) in [6.07, 6.45) is -0.00157. The van der Waals surface area contributed by atoms with E-state index in [2.05, 4.69) is 0 Å². The van der Waals surface area contributed by atoms with Crippen LogP contribution in [0.25, 0.3) is 0 Å². The van der Waals surface area contributed by atoms with Crippen molar-refractivity contribution in [3.8, 4) is 0 Å². The van der Waals surface area contributed by atoms with Gasteiger partial charge in [0.05, 0.1) is 25.6 Å². The molecule has 0 bridgehead atoms. The molecule has 0 fully saturated rings. The molecule has 0 saturated heterocycles. The first kappa shape index (κ1) is 23.0. The van der Waals surface area contributed by atoms with Gasteiger partial charge in [0.25, 0.3) is 0 Å². The highest BCUT2D eigenvalue weighted by Gasteiger charge is 2.38. The lowest BCUT2D eigenvalue weighted by Gasteiger charge is -2.28. The van der Waals surface area contributed by atoms with Crippen LogP contribution in [0.5, 0.6) is 0 Å². The predicted octanol–water partition coefficient (Wildman–Crippen LogP) is 0.929. The van der Waals surface area contributed by atoms with Crippen molar-refractivity contribution in [1.29, 1.82) is 0 Å². The number of esters is 2. The van der Waals surface area contributed by atoms with Gasteiger partial charge in [-0.3, -0.25) is 9.59 Å². The Morgan fingerprint density at radius 2 is 1.54 bits per heavy atom. The van der Waals surface area contributed by atoms with E-state index < -0.39 is 26.7 Å². The summed E-state index contributed by atoms with van der Waals surface area (Å²) < 4.78 is 26.1. The summed E-state index contributed by atoms with van der Waals surface area (Å²) in [5, 5.41) is 0. The molecule has 0 aliphatic heterocycles. The number of carbonyl (C=O) groups excluding carboxylic acids is 2. The van der Waals surface area contributed by atoms with Gasteiger partial charge in [0.1, 0.15) is 0 Å². The molecule has 142 valence electrons. The lowest BCUT2D eigenvalue weighted by Crippen LogP contribution is -2.46. The third-order valence-corrected chi connectivity index (χ3v) is 6.31. The SMILES string of the molecule is CCOC(=O)CC(CN(C)CC[Si](OC)(OC)OC)C(=O)OCC. The quantitative estimate of drug-likeness (QED) is 0.352. The molecule has 24 heavy (non-hydrogen) atoms. The van der Waals surface area contributed by atoms with Gasteiger partial charge in [-0.15, -0.1) is 0 Å². The summed E-state index contributed by atoms with van der Waals surface area (Å²) in [6.45, 7) is 5.00. The fraction of sp³-hybridized carbons (Fsp3) is 0.867. The molecular formula is C15H31NO7Si. The first-order valence-corrected chi connectivity index (χ1v) is 9.97. The number of hydrogen-bond acceptors (Lipinski definition) is 8. The van der Waals surface area contributed by atoms with Crippen molar-refractivity contribution in [3.05, 3.63) is 0 Å². The second-order valence-corrected chi connectivity index (χ2v) is 8.36. The lowest BCUT2D eigenvalue weighted by atomic mass is 10.1. The molecule has 0 aliphatic carbocycles. The van der Waals surface area contributed by atoms with Gasteiger partial charge in [-0.2, -0.15) is 0 Å². The third-order valence-electron chi connectivity index (χ3n) is 3.60. The number of rotatable bonds is 13. The van der Waals surface area contributed by atoms with E-state index in [0.29, 0.717) is 19.1 Å². The van der Waals surface area contributed by atoms with Crippen LogP contribution >= 0.6 is 0 Å². The summed E-state index contributed by atoms with van der Waals surface area (Å²) in [7, 11) is 3.86. The van der Waals surface area contributed by atoms with Crippen molar-refractivity contribution < 1.29 is 32.3 Å². The molecular weight excluding hydrogens is 334 g/mol. The maximum atomic E-state index is 12.1. The average Bonchev–Trinajstić information content (AvgIpc) is 2.56.